The highest BCUT2D eigenvalue weighted by atomic mass is 16.4. The van der Waals surface area contributed by atoms with E-state index in [1.54, 1.807) is 12.5 Å². The zero-order valence-electron chi connectivity index (χ0n) is 11.2. The Morgan fingerprint density at radius 1 is 1.40 bits per heavy atom. The molecule has 6 heteroatoms. The van der Waals surface area contributed by atoms with Gasteiger partial charge in [0, 0.05) is 37.9 Å². The van der Waals surface area contributed by atoms with Gasteiger partial charge in [0.05, 0.1) is 6.33 Å². The van der Waals surface area contributed by atoms with Gasteiger partial charge in [0.15, 0.2) is 0 Å². The molecule has 1 heterocycles. The van der Waals surface area contributed by atoms with E-state index in [9.17, 15) is 0 Å². The monoisotopic (exact) mass is 273 g/mol. The van der Waals surface area contributed by atoms with Crippen molar-refractivity contribution in [3.05, 3.63) is 54.6 Å². The van der Waals surface area contributed by atoms with E-state index in [1.807, 2.05) is 41.1 Å². The second-order valence-corrected chi connectivity index (χ2v) is 4.51. The Morgan fingerprint density at radius 2 is 2.20 bits per heavy atom. The lowest BCUT2D eigenvalue weighted by Gasteiger charge is -2.18. The van der Waals surface area contributed by atoms with Gasteiger partial charge in [-0.25, -0.2) is 4.98 Å². The largest absolute Gasteiger partial charge is 0.409 e. The van der Waals surface area contributed by atoms with Gasteiger partial charge in [-0.05, 0) is 5.56 Å². The molecule has 2 aromatic rings. The van der Waals surface area contributed by atoms with Crippen LogP contribution in [0.25, 0.3) is 0 Å². The first-order valence-corrected chi connectivity index (χ1v) is 6.50. The summed E-state index contributed by atoms with van der Waals surface area (Å²) in [6, 6.07) is 10.0. The average molecular weight is 273 g/mol. The third-order valence-electron chi connectivity index (χ3n) is 3.06. The molecule has 0 aliphatic rings. The van der Waals surface area contributed by atoms with Crippen LogP contribution in [-0.4, -0.2) is 27.1 Å². The molecule has 1 unspecified atom stereocenters. The number of nitrogens with one attached hydrogen (secondary N) is 1. The molecule has 0 spiro atoms. The van der Waals surface area contributed by atoms with Crippen molar-refractivity contribution in [1.29, 1.82) is 0 Å². The zero-order chi connectivity index (χ0) is 14.2. The SMILES string of the molecule is NC(CC(NCCn1ccnc1)c1ccccc1)=NO. The number of nitrogens with zero attached hydrogens (tertiary/aromatic N) is 3. The molecule has 6 nitrogen and oxygen atoms in total. The molecule has 2 rings (SSSR count). The van der Waals surface area contributed by atoms with Gasteiger partial charge in [0.1, 0.15) is 5.84 Å². The van der Waals surface area contributed by atoms with Crippen LogP contribution >= 0.6 is 0 Å². The van der Waals surface area contributed by atoms with Gasteiger partial charge in [-0.2, -0.15) is 0 Å². The molecule has 106 valence electrons. The summed E-state index contributed by atoms with van der Waals surface area (Å²) in [4.78, 5) is 4.00. The summed E-state index contributed by atoms with van der Waals surface area (Å²) in [6.07, 6.45) is 5.92. The van der Waals surface area contributed by atoms with E-state index in [2.05, 4.69) is 15.5 Å². The van der Waals surface area contributed by atoms with Crippen LogP contribution in [0.3, 0.4) is 0 Å². The fourth-order valence-electron chi connectivity index (χ4n) is 2.03. The molecular formula is C14H19N5O. The van der Waals surface area contributed by atoms with Gasteiger partial charge < -0.3 is 20.8 Å². The normalized spacial score (nSPS) is 13.3. The lowest BCUT2D eigenvalue weighted by atomic mass is 10.0. The van der Waals surface area contributed by atoms with Crippen molar-refractivity contribution in [1.82, 2.24) is 14.9 Å². The predicted molar refractivity (Wildman–Crippen MR) is 77.4 cm³/mol. The number of hydrogen-bond donors (Lipinski definition) is 3. The molecule has 4 N–H and O–H groups in total. The highest BCUT2D eigenvalue weighted by Crippen LogP contribution is 2.16. The molecule has 0 bridgehead atoms. The number of imidazole rings is 1. The maximum atomic E-state index is 8.73. The van der Waals surface area contributed by atoms with Crippen molar-refractivity contribution in [2.45, 2.75) is 19.0 Å². The number of oxime groups is 1. The van der Waals surface area contributed by atoms with E-state index >= 15 is 0 Å². The molecule has 0 saturated carbocycles. The van der Waals surface area contributed by atoms with Crippen molar-refractivity contribution in [3.63, 3.8) is 0 Å². The zero-order valence-corrected chi connectivity index (χ0v) is 11.2. The average Bonchev–Trinajstić information content (AvgIpc) is 3.00. The smallest absolute Gasteiger partial charge is 0.141 e. The minimum Gasteiger partial charge on any atom is -0.409 e. The maximum Gasteiger partial charge on any atom is 0.141 e. The standard InChI is InChI=1S/C14H19N5O/c15-14(18-20)10-13(12-4-2-1-3-5-12)17-7-9-19-8-6-16-11-19/h1-6,8,11,13,17,20H,7,9-10H2,(H2,15,18). The molecule has 0 aliphatic carbocycles. The van der Waals surface area contributed by atoms with Gasteiger partial charge in [-0.3, -0.25) is 0 Å². The van der Waals surface area contributed by atoms with Crippen molar-refractivity contribution in [2.75, 3.05) is 6.54 Å². The fraction of sp³-hybridized carbons (Fsp3) is 0.286. The molecule has 0 fully saturated rings. The van der Waals surface area contributed by atoms with Crippen molar-refractivity contribution in [3.8, 4) is 0 Å². The van der Waals surface area contributed by atoms with E-state index < -0.39 is 0 Å². The van der Waals surface area contributed by atoms with Gasteiger partial charge in [0.25, 0.3) is 0 Å². The molecule has 1 aromatic heterocycles. The Morgan fingerprint density at radius 3 is 2.85 bits per heavy atom. The van der Waals surface area contributed by atoms with Crippen LogP contribution in [0.2, 0.25) is 0 Å². The van der Waals surface area contributed by atoms with E-state index in [-0.39, 0.29) is 11.9 Å². The van der Waals surface area contributed by atoms with Crippen LogP contribution < -0.4 is 11.1 Å². The number of benzene rings is 1. The number of nitrogens with two attached hydrogens (primary N) is 1. The predicted octanol–water partition coefficient (Wildman–Crippen LogP) is 1.35. The Kier molecular flexibility index (Phi) is 5.14. The number of amidine groups is 1. The Bertz CT molecular complexity index is 524. The maximum absolute atomic E-state index is 8.73. The summed E-state index contributed by atoms with van der Waals surface area (Å²) in [6.45, 7) is 1.59. The van der Waals surface area contributed by atoms with Crippen LogP contribution in [0, 0.1) is 0 Å². The highest BCUT2D eigenvalue weighted by Gasteiger charge is 2.12. The number of hydrogen-bond acceptors (Lipinski definition) is 4. The fourth-order valence-corrected chi connectivity index (χ4v) is 2.03. The summed E-state index contributed by atoms with van der Waals surface area (Å²) >= 11 is 0. The summed E-state index contributed by atoms with van der Waals surface area (Å²) in [7, 11) is 0. The molecule has 0 aliphatic heterocycles. The van der Waals surface area contributed by atoms with Gasteiger partial charge in [-0.1, -0.05) is 35.5 Å². The third kappa shape index (κ3) is 4.10. The van der Waals surface area contributed by atoms with Crippen LogP contribution in [0.1, 0.15) is 18.0 Å². The molecule has 0 radical (unpaired) electrons. The lowest BCUT2D eigenvalue weighted by Crippen LogP contribution is -2.29. The van der Waals surface area contributed by atoms with Crippen LogP contribution in [0.5, 0.6) is 0 Å². The van der Waals surface area contributed by atoms with Crippen molar-refractivity contribution < 1.29 is 5.21 Å². The van der Waals surface area contributed by atoms with E-state index in [0.29, 0.717) is 6.42 Å². The van der Waals surface area contributed by atoms with Gasteiger partial charge >= 0.3 is 0 Å². The van der Waals surface area contributed by atoms with Gasteiger partial charge in [0.2, 0.25) is 0 Å². The highest BCUT2D eigenvalue weighted by molar-refractivity contribution is 5.80. The van der Waals surface area contributed by atoms with Crippen LogP contribution in [0.4, 0.5) is 0 Å². The minimum absolute atomic E-state index is 0.0237. The van der Waals surface area contributed by atoms with E-state index in [4.69, 9.17) is 10.9 Å². The van der Waals surface area contributed by atoms with Gasteiger partial charge in [-0.15, -0.1) is 0 Å². The second-order valence-electron chi connectivity index (χ2n) is 4.51. The van der Waals surface area contributed by atoms with Crippen LogP contribution in [-0.2, 0) is 6.54 Å². The van der Waals surface area contributed by atoms with E-state index in [0.717, 1.165) is 18.7 Å². The Labute approximate surface area is 117 Å². The lowest BCUT2D eigenvalue weighted by molar-refractivity contribution is 0.315. The van der Waals surface area contributed by atoms with E-state index in [1.165, 1.54) is 0 Å². The Hall–Kier alpha value is -2.34. The molecule has 0 amide bonds. The van der Waals surface area contributed by atoms with Crippen LogP contribution in [0.15, 0.2) is 54.2 Å². The number of aromatic nitrogens is 2. The third-order valence-corrected chi connectivity index (χ3v) is 3.06. The first-order chi connectivity index (χ1) is 9.79. The first-order valence-electron chi connectivity index (χ1n) is 6.50. The molecular weight excluding hydrogens is 254 g/mol. The Balaban J connectivity index is 1.95. The molecule has 20 heavy (non-hydrogen) atoms. The summed E-state index contributed by atoms with van der Waals surface area (Å²) in [5.41, 5.74) is 6.74. The topological polar surface area (TPSA) is 88.5 Å². The summed E-state index contributed by atoms with van der Waals surface area (Å²) < 4.78 is 2.00. The molecule has 1 aromatic carbocycles. The van der Waals surface area contributed by atoms with Crippen molar-refractivity contribution >= 4 is 5.84 Å². The second kappa shape index (κ2) is 7.30. The quantitative estimate of drug-likeness (QED) is 0.307. The minimum atomic E-state index is 0.0237. The molecule has 1 atom stereocenters. The number of rotatable bonds is 7. The summed E-state index contributed by atoms with van der Waals surface area (Å²) in [5, 5.41) is 15.2. The first kappa shape index (κ1) is 14.1. The molecule has 0 saturated heterocycles. The summed E-state index contributed by atoms with van der Waals surface area (Å²) in [5.74, 6) is 0.217. The van der Waals surface area contributed by atoms with Crippen molar-refractivity contribution in [2.24, 2.45) is 10.9 Å².